The third kappa shape index (κ3) is 4.22. The Morgan fingerprint density at radius 1 is 1.25 bits per heavy atom. The summed E-state index contributed by atoms with van der Waals surface area (Å²) in [4.78, 5) is 2.27. The van der Waals surface area contributed by atoms with Crippen LogP contribution in [-0.2, 0) is 6.54 Å². The highest BCUT2D eigenvalue weighted by Crippen LogP contribution is 2.49. The molecule has 0 radical (unpaired) electrons. The van der Waals surface area contributed by atoms with E-state index < -0.39 is 0 Å². The average molecular weight is 373 g/mol. The second-order valence-electron chi connectivity index (χ2n) is 8.12. The minimum Gasteiger partial charge on any atom is -0.378 e. The fraction of sp³-hybridized carbons (Fsp3) is 0.308. The van der Waals surface area contributed by atoms with Gasteiger partial charge in [0.15, 0.2) is 0 Å². The van der Waals surface area contributed by atoms with Crippen molar-refractivity contribution < 1.29 is 0 Å². The number of nitrogens with one attached hydrogen (secondary N) is 1. The van der Waals surface area contributed by atoms with E-state index in [2.05, 4.69) is 92.9 Å². The number of hydrogen-bond donors (Lipinski definition) is 1. The van der Waals surface area contributed by atoms with Crippen molar-refractivity contribution in [1.82, 2.24) is 10.2 Å². The number of allylic oxidation sites excluding steroid dienone is 3. The first-order valence-electron chi connectivity index (χ1n) is 9.96. The van der Waals surface area contributed by atoms with E-state index in [9.17, 15) is 0 Å². The molecule has 1 saturated carbocycles. The molecule has 2 heteroatoms. The van der Waals surface area contributed by atoms with Crippen LogP contribution in [0.5, 0.6) is 0 Å². The van der Waals surface area contributed by atoms with Gasteiger partial charge in [-0.15, -0.1) is 6.58 Å². The minimum atomic E-state index is -0.0687. The lowest BCUT2D eigenvalue weighted by Gasteiger charge is -2.29. The fourth-order valence-electron chi connectivity index (χ4n) is 3.94. The molecule has 1 aromatic carbocycles. The summed E-state index contributed by atoms with van der Waals surface area (Å²) in [6, 6.07) is 6.70. The van der Waals surface area contributed by atoms with E-state index in [4.69, 9.17) is 0 Å². The largest absolute Gasteiger partial charge is 0.378 e. The van der Waals surface area contributed by atoms with Crippen molar-refractivity contribution in [2.45, 2.75) is 38.8 Å². The van der Waals surface area contributed by atoms with E-state index in [-0.39, 0.29) is 5.54 Å². The van der Waals surface area contributed by atoms with Crippen LogP contribution in [0.2, 0.25) is 0 Å². The average Bonchev–Trinajstić information content (AvgIpc) is 3.40. The summed E-state index contributed by atoms with van der Waals surface area (Å²) >= 11 is 0. The molecule has 2 aliphatic carbocycles. The Labute approximate surface area is 169 Å². The number of hydrogen-bond acceptors (Lipinski definition) is 2. The van der Waals surface area contributed by atoms with Crippen LogP contribution in [0.4, 0.5) is 0 Å². The first-order valence-corrected chi connectivity index (χ1v) is 9.96. The monoisotopic (exact) mass is 372 g/mol. The summed E-state index contributed by atoms with van der Waals surface area (Å²) in [5.74, 6) is 0.435. The molecule has 2 nitrogen and oxygen atoms in total. The molecule has 0 heterocycles. The third-order valence-corrected chi connectivity index (χ3v) is 5.79. The van der Waals surface area contributed by atoms with Gasteiger partial charge in [0, 0.05) is 23.9 Å². The molecule has 146 valence electrons. The summed E-state index contributed by atoms with van der Waals surface area (Å²) in [7, 11) is 0. The summed E-state index contributed by atoms with van der Waals surface area (Å²) in [6.45, 7) is 22.3. The lowest BCUT2D eigenvalue weighted by molar-refractivity contribution is 0.354. The van der Waals surface area contributed by atoms with Crippen LogP contribution in [0.3, 0.4) is 0 Å². The summed E-state index contributed by atoms with van der Waals surface area (Å²) in [5.41, 5.74) is 4.38. The minimum absolute atomic E-state index is 0.0687. The first-order chi connectivity index (χ1) is 13.4. The second kappa shape index (κ2) is 8.10. The van der Waals surface area contributed by atoms with Gasteiger partial charge in [-0.2, -0.15) is 0 Å². The normalized spacial score (nSPS) is 22.0. The van der Waals surface area contributed by atoms with Gasteiger partial charge in [0.1, 0.15) is 0 Å². The third-order valence-electron chi connectivity index (χ3n) is 5.79. The molecule has 0 unspecified atom stereocenters. The van der Waals surface area contributed by atoms with E-state index in [1.165, 1.54) is 16.0 Å². The number of nitrogens with zero attached hydrogens (tertiary/aromatic N) is 1. The van der Waals surface area contributed by atoms with Crippen molar-refractivity contribution in [3.8, 4) is 0 Å². The lowest BCUT2D eigenvalue weighted by Crippen LogP contribution is -2.37. The predicted octanol–water partition coefficient (Wildman–Crippen LogP) is 4.17. The van der Waals surface area contributed by atoms with E-state index in [1.807, 2.05) is 6.08 Å². The number of rotatable bonds is 9. The molecule has 0 bridgehead atoms. The summed E-state index contributed by atoms with van der Waals surface area (Å²) < 4.78 is 0. The quantitative estimate of drug-likeness (QED) is 0.655. The molecule has 0 saturated heterocycles. The van der Waals surface area contributed by atoms with E-state index in [0.29, 0.717) is 5.92 Å². The van der Waals surface area contributed by atoms with Gasteiger partial charge in [-0.3, -0.25) is 0 Å². The van der Waals surface area contributed by atoms with Gasteiger partial charge in [-0.1, -0.05) is 67.8 Å². The molecule has 0 amide bonds. The molecule has 3 rings (SSSR count). The summed E-state index contributed by atoms with van der Waals surface area (Å²) in [6.07, 6.45) is 12.8. The molecular weight excluding hydrogens is 340 g/mol. The second-order valence-corrected chi connectivity index (χ2v) is 8.12. The van der Waals surface area contributed by atoms with Crippen LogP contribution in [0.15, 0.2) is 79.7 Å². The molecule has 1 fully saturated rings. The highest BCUT2D eigenvalue weighted by molar-refractivity contribution is 5.45. The van der Waals surface area contributed by atoms with Crippen LogP contribution < -0.4 is 15.8 Å². The molecule has 2 atom stereocenters. The zero-order chi connectivity index (χ0) is 20.3. The van der Waals surface area contributed by atoms with Crippen molar-refractivity contribution in [3.05, 3.63) is 95.7 Å². The van der Waals surface area contributed by atoms with E-state index in [1.54, 1.807) is 0 Å². The topological polar surface area (TPSA) is 15.3 Å². The van der Waals surface area contributed by atoms with Gasteiger partial charge in [-0.25, -0.2) is 0 Å². The van der Waals surface area contributed by atoms with Gasteiger partial charge >= 0.3 is 0 Å². The van der Waals surface area contributed by atoms with Gasteiger partial charge in [-0.05, 0) is 48.8 Å². The van der Waals surface area contributed by atoms with Gasteiger partial charge in [0.05, 0.1) is 12.1 Å². The summed E-state index contributed by atoms with van der Waals surface area (Å²) in [5, 5.41) is 6.20. The van der Waals surface area contributed by atoms with Crippen LogP contribution in [-0.4, -0.2) is 17.0 Å². The van der Waals surface area contributed by atoms with Crippen LogP contribution in [0.1, 0.15) is 32.3 Å². The maximum Gasteiger partial charge on any atom is 0.0647 e. The van der Waals surface area contributed by atoms with E-state index in [0.717, 1.165) is 42.9 Å². The zero-order valence-corrected chi connectivity index (χ0v) is 17.3. The molecule has 28 heavy (non-hydrogen) atoms. The van der Waals surface area contributed by atoms with Crippen molar-refractivity contribution in [1.29, 1.82) is 0 Å². The Morgan fingerprint density at radius 2 is 2.04 bits per heavy atom. The van der Waals surface area contributed by atoms with Crippen molar-refractivity contribution in [3.63, 3.8) is 0 Å². The highest BCUT2D eigenvalue weighted by Gasteiger charge is 2.53. The standard InChI is InChI=1S/C26H32N2/c1-7-25-16-26(25,19(2)3)27-21(6)17-28(20(4)5)18-22-13-14-23-11-9-8-10-12-24(23)15-22/h7-8,10-15,25,27H,1-2,4,6,9,16-18H2,3,5H3/t25-,26+/m1/s1. The van der Waals surface area contributed by atoms with Crippen LogP contribution in [0.25, 0.3) is 12.2 Å². The molecular formula is C26H32N2. The Hall–Kier alpha value is -2.74. The first kappa shape index (κ1) is 20.0. The maximum absolute atomic E-state index is 4.29. The van der Waals surface area contributed by atoms with Crippen molar-refractivity contribution >= 4 is 12.2 Å². The lowest BCUT2D eigenvalue weighted by atomic mass is 10.1. The smallest absolute Gasteiger partial charge is 0.0647 e. The van der Waals surface area contributed by atoms with Gasteiger partial charge < -0.3 is 10.2 Å². The molecule has 0 spiro atoms. The van der Waals surface area contributed by atoms with Crippen LogP contribution in [0, 0.1) is 5.92 Å². The fourth-order valence-corrected chi connectivity index (χ4v) is 3.94. The molecule has 1 N–H and O–H groups in total. The molecule has 0 aromatic heterocycles. The number of fused-ring (bicyclic) bond motifs is 1. The highest BCUT2D eigenvalue weighted by atomic mass is 15.2. The predicted molar refractivity (Wildman–Crippen MR) is 122 cm³/mol. The Kier molecular flexibility index (Phi) is 5.79. The molecule has 0 aliphatic heterocycles. The molecule has 1 aromatic rings. The Balaban J connectivity index is 1.72. The van der Waals surface area contributed by atoms with Gasteiger partial charge in [0.2, 0.25) is 0 Å². The Bertz CT molecular complexity index is 963. The SMILES string of the molecule is C=C[C@@H]1C[C@]1(NC(=C)CN(Cc1ccc2c(c1)=CC=CCC=2)C(=C)C)C(=C)C. The van der Waals surface area contributed by atoms with Crippen LogP contribution >= 0.6 is 0 Å². The molecule has 2 aliphatic rings. The van der Waals surface area contributed by atoms with E-state index >= 15 is 0 Å². The van der Waals surface area contributed by atoms with Gasteiger partial charge in [0.25, 0.3) is 0 Å². The van der Waals surface area contributed by atoms with Crippen molar-refractivity contribution in [2.24, 2.45) is 5.92 Å². The maximum atomic E-state index is 4.29. The Morgan fingerprint density at radius 3 is 2.68 bits per heavy atom. The number of benzene rings is 1. The van der Waals surface area contributed by atoms with Crippen molar-refractivity contribution in [2.75, 3.05) is 6.54 Å². The zero-order valence-electron chi connectivity index (χ0n) is 17.3.